The van der Waals surface area contributed by atoms with Gasteiger partial charge in [-0.05, 0) is 51.6 Å². The van der Waals surface area contributed by atoms with Gasteiger partial charge in [0, 0.05) is 23.9 Å². The molecule has 2 fully saturated rings. The molecule has 2 aliphatic rings. The molecule has 1 aliphatic heterocycles. The number of amides is 1. The second kappa shape index (κ2) is 7.04. The highest BCUT2D eigenvalue weighted by atomic mass is 16.1. The summed E-state index contributed by atoms with van der Waals surface area (Å²) in [5.41, 5.74) is 2.88. The Bertz CT molecular complexity index is 548. The third-order valence-electron chi connectivity index (χ3n) is 5.79. The highest BCUT2D eigenvalue weighted by Crippen LogP contribution is 2.41. The third kappa shape index (κ3) is 3.77. The molecule has 23 heavy (non-hydrogen) atoms. The van der Waals surface area contributed by atoms with Crippen LogP contribution in [0.4, 0.5) is 0 Å². The molecule has 2 N–H and O–H groups in total. The second-order valence-electron chi connectivity index (χ2n) is 7.65. The summed E-state index contributed by atoms with van der Waals surface area (Å²) < 4.78 is 0. The van der Waals surface area contributed by atoms with Crippen molar-refractivity contribution in [3.05, 3.63) is 35.4 Å². The number of hydrogen-bond acceptors (Lipinski definition) is 2. The molecule has 3 rings (SSSR count). The number of hydrogen-bond donors (Lipinski definition) is 2. The van der Waals surface area contributed by atoms with Gasteiger partial charge in [-0.2, -0.15) is 0 Å². The topological polar surface area (TPSA) is 41.1 Å². The first kappa shape index (κ1) is 16.5. The van der Waals surface area contributed by atoms with Gasteiger partial charge in [-0.3, -0.25) is 4.79 Å². The summed E-state index contributed by atoms with van der Waals surface area (Å²) in [7, 11) is 0. The van der Waals surface area contributed by atoms with E-state index in [2.05, 4.69) is 48.7 Å². The van der Waals surface area contributed by atoms with Crippen LogP contribution in [0.5, 0.6) is 0 Å². The third-order valence-corrected chi connectivity index (χ3v) is 5.79. The summed E-state index contributed by atoms with van der Waals surface area (Å²) in [6, 6.07) is 9.32. The minimum atomic E-state index is 0.153. The van der Waals surface area contributed by atoms with Crippen molar-refractivity contribution < 1.29 is 4.79 Å². The standard InChI is InChI=1S/C20H30N2O/c1-15-6-5-7-18(12-15)20(9-3-4-10-20)14-22-19(23)17-8-11-21-16(2)13-17/h5-7,12,16-17,21H,3-4,8-11,13-14H2,1-2H3,(H,22,23)/t16-,17-/m0/s1. The van der Waals surface area contributed by atoms with Crippen LogP contribution >= 0.6 is 0 Å². The van der Waals surface area contributed by atoms with E-state index in [4.69, 9.17) is 0 Å². The molecule has 3 heteroatoms. The Morgan fingerprint density at radius 1 is 1.35 bits per heavy atom. The van der Waals surface area contributed by atoms with Crippen LogP contribution < -0.4 is 10.6 Å². The zero-order valence-electron chi connectivity index (χ0n) is 14.5. The summed E-state index contributed by atoms with van der Waals surface area (Å²) in [6.07, 6.45) is 6.86. The average molecular weight is 314 g/mol. The first-order valence-electron chi connectivity index (χ1n) is 9.17. The molecule has 1 heterocycles. The van der Waals surface area contributed by atoms with Gasteiger partial charge >= 0.3 is 0 Å². The molecule has 1 aromatic carbocycles. The average Bonchev–Trinajstić information content (AvgIpc) is 3.03. The van der Waals surface area contributed by atoms with Gasteiger partial charge in [-0.1, -0.05) is 42.7 Å². The number of benzene rings is 1. The maximum Gasteiger partial charge on any atom is 0.223 e. The Morgan fingerprint density at radius 2 is 2.13 bits per heavy atom. The maximum atomic E-state index is 12.6. The van der Waals surface area contributed by atoms with Gasteiger partial charge in [0.25, 0.3) is 0 Å². The van der Waals surface area contributed by atoms with E-state index in [0.717, 1.165) is 25.9 Å². The van der Waals surface area contributed by atoms with Crippen molar-refractivity contribution in [3.63, 3.8) is 0 Å². The highest BCUT2D eigenvalue weighted by Gasteiger charge is 2.36. The first-order chi connectivity index (χ1) is 11.1. The van der Waals surface area contributed by atoms with Gasteiger partial charge in [0.1, 0.15) is 0 Å². The number of aryl methyl sites for hydroxylation is 1. The molecule has 1 saturated carbocycles. The summed E-state index contributed by atoms with van der Waals surface area (Å²) in [4.78, 5) is 12.6. The quantitative estimate of drug-likeness (QED) is 0.895. The molecular formula is C20H30N2O. The van der Waals surface area contributed by atoms with E-state index in [9.17, 15) is 4.79 Å². The Morgan fingerprint density at radius 3 is 2.83 bits per heavy atom. The van der Waals surface area contributed by atoms with Crippen LogP contribution in [0.25, 0.3) is 0 Å². The molecule has 1 saturated heterocycles. The van der Waals surface area contributed by atoms with E-state index in [1.54, 1.807) is 0 Å². The zero-order chi connectivity index (χ0) is 16.3. The number of piperidine rings is 1. The Hall–Kier alpha value is -1.35. The number of carbonyl (C=O) groups excluding carboxylic acids is 1. The minimum absolute atomic E-state index is 0.153. The highest BCUT2D eigenvalue weighted by molar-refractivity contribution is 5.79. The van der Waals surface area contributed by atoms with E-state index >= 15 is 0 Å². The molecule has 1 aliphatic carbocycles. The fourth-order valence-electron chi connectivity index (χ4n) is 4.36. The normalized spacial score (nSPS) is 26.9. The van der Waals surface area contributed by atoms with Gasteiger partial charge in [0.05, 0.1) is 0 Å². The summed E-state index contributed by atoms with van der Waals surface area (Å²) in [5, 5.41) is 6.73. The molecule has 1 amide bonds. The lowest BCUT2D eigenvalue weighted by Gasteiger charge is -2.32. The smallest absolute Gasteiger partial charge is 0.223 e. The lowest BCUT2D eigenvalue weighted by atomic mass is 9.78. The Balaban J connectivity index is 1.67. The van der Waals surface area contributed by atoms with Gasteiger partial charge in [0.2, 0.25) is 5.91 Å². The van der Waals surface area contributed by atoms with E-state index in [-0.39, 0.29) is 17.2 Å². The van der Waals surface area contributed by atoms with E-state index in [0.29, 0.717) is 6.04 Å². The van der Waals surface area contributed by atoms with Crippen LogP contribution in [0, 0.1) is 12.8 Å². The molecule has 1 aromatic rings. The van der Waals surface area contributed by atoms with E-state index < -0.39 is 0 Å². The fourth-order valence-corrected chi connectivity index (χ4v) is 4.36. The van der Waals surface area contributed by atoms with Crippen molar-refractivity contribution in [2.24, 2.45) is 5.92 Å². The van der Waals surface area contributed by atoms with Gasteiger partial charge in [-0.15, -0.1) is 0 Å². The number of rotatable bonds is 4. The van der Waals surface area contributed by atoms with Gasteiger partial charge < -0.3 is 10.6 Å². The Labute approximate surface area is 140 Å². The second-order valence-corrected chi connectivity index (χ2v) is 7.65. The number of nitrogens with one attached hydrogen (secondary N) is 2. The minimum Gasteiger partial charge on any atom is -0.355 e. The SMILES string of the molecule is Cc1cccc(C2(CNC(=O)[C@H]3CCN[C@@H](C)C3)CCCC2)c1. The Kier molecular flexibility index (Phi) is 5.05. The summed E-state index contributed by atoms with van der Waals surface area (Å²) in [6.45, 7) is 6.08. The molecule has 0 aromatic heterocycles. The van der Waals surface area contributed by atoms with Crippen molar-refractivity contribution in [1.82, 2.24) is 10.6 Å². The van der Waals surface area contributed by atoms with Crippen molar-refractivity contribution in [2.45, 2.75) is 63.8 Å². The van der Waals surface area contributed by atoms with Crippen LogP contribution in [-0.2, 0) is 10.2 Å². The monoisotopic (exact) mass is 314 g/mol. The van der Waals surface area contributed by atoms with Crippen LogP contribution in [0.2, 0.25) is 0 Å². The predicted octanol–water partition coefficient (Wildman–Crippen LogP) is 3.31. The van der Waals surface area contributed by atoms with Crippen LogP contribution in [0.15, 0.2) is 24.3 Å². The van der Waals surface area contributed by atoms with Gasteiger partial charge in [0.15, 0.2) is 0 Å². The summed E-state index contributed by atoms with van der Waals surface area (Å²) >= 11 is 0. The first-order valence-corrected chi connectivity index (χ1v) is 9.17. The maximum absolute atomic E-state index is 12.6. The molecule has 0 unspecified atom stereocenters. The van der Waals surface area contributed by atoms with E-state index in [1.165, 1.54) is 36.8 Å². The fraction of sp³-hybridized carbons (Fsp3) is 0.650. The molecule has 0 spiro atoms. The van der Waals surface area contributed by atoms with Crippen LogP contribution in [0.3, 0.4) is 0 Å². The summed E-state index contributed by atoms with van der Waals surface area (Å²) in [5.74, 6) is 0.444. The largest absolute Gasteiger partial charge is 0.355 e. The molecular weight excluding hydrogens is 284 g/mol. The molecule has 2 atom stereocenters. The van der Waals surface area contributed by atoms with Crippen LogP contribution in [0.1, 0.15) is 56.6 Å². The lowest BCUT2D eigenvalue weighted by Crippen LogP contribution is -2.45. The molecule has 0 radical (unpaired) electrons. The van der Waals surface area contributed by atoms with Crippen molar-refractivity contribution in [2.75, 3.05) is 13.1 Å². The van der Waals surface area contributed by atoms with Crippen LogP contribution in [-0.4, -0.2) is 25.0 Å². The predicted molar refractivity (Wildman–Crippen MR) is 94.5 cm³/mol. The lowest BCUT2D eigenvalue weighted by molar-refractivity contribution is -0.126. The molecule has 3 nitrogen and oxygen atoms in total. The van der Waals surface area contributed by atoms with Gasteiger partial charge in [-0.25, -0.2) is 0 Å². The number of carbonyl (C=O) groups is 1. The zero-order valence-corrected chi connectivity index (χ0v) is 14.5. The molecule has 126 valence electrons. The van der Waals surface area contributed by atoms with Crippen molar-refractivity contribution in [3.8, 4) is 0 Å². The van der Waals surface area contributed by atoms with Crippen molar-refractivity contribution >= 4 is 5.91 Å². The van der Waals surface area contributed by atoms with E-state index in [1.807, 2.05) is 0 Å². The van der Waals surface area contributed by atoms with Crippen molar-refractivity contribution in [1.29, 1.82) is 0 Å². The molecule has 0 bridgehead atoms.